The zero-order valence-electron chi connectivity index (χ0n) is 7.70. The van der Waals surface area contributed by atoms with Gasteiger partial charge in [-0.3, -0.25) is 4.90 Å². The van der Waals surface area contributed by atoms with Crippen LogP contribution in [0.5, 0.6) is 0 Å². The van der Waals surface area contributed by atoms with Crippen molar-refractivity contribution in [3.05, 3.63) is 11.1 Å². The second-order valence-electron chi connectivity index (χ2n) is 3.54. The van der Waals surface area contributed by atoms with Gasteiger partial charge in [0.05, 0.1) is 16.8 Å². The van der Waals surface area contributed by atoms with E-state index in [1.807, 2.05) is 0 Å². The van der Waals surface area contributed by atoms with E-state index >= 15 is 0 Å². The number of likely N-dealkylation sites (tertiary alicyclic amines) is 1. The number of piperidine rings is 1. The largest absolute Gasteiger partial charge is 0.396 e. The average Bonchev–Trinajstić information content (AvgIpc) is 2.54. The van der Waals surface area contributed by atoms with Gasteiger partial charge in [-0.2, -0.15) is 4.37 Å². The summed E-state index contributed by atoms with van der Waals surface area (Å²) in [4.78, 5) is 3.69. The maximum Gasteiger partial charge on any atom is 0.0672 e. The SMILES string of the molecule is Nc1cnsc1CN1CCCCC1. The maximum absolute atomic E-state index is 5.78. The number of aromatic nitrogens is 1. The van der Waals surface area contributed by atoms with Crippen molar-refractivity contribution in [2.24, 2.45) is 0 Å². The molecule has 0 radical (unpaired) electrons. The van der Waals surface area contributed by atoms with Crippen LogP contribution in [0.1, 0.15) is 24.1 Å². The molecule has 2 rings (SSSR count). The fourth-order valence-corrected chi connectivity index (χ4v) is 2.40. The second-order valence-corrected chi connectivity index (χ2v) is 4.43. The van der Waals surface area contributed by atoms with E-state index in [2.05, 4.69) is 9.27 Å². The summed E-state index contributed by atoms with van der Waals surface area (Å²) < 4.78 is 4.08. The molecule has 13 heavy (non-hydrogen) atoms. The van der Waals surface area contributed by atoms with E-state index in [0.29, 0.717) is 0 Å². The van der Waals surface area contributed by atoms with Crippen LogP contribution in [0, 0.1) is 0 Å². The molecule has 0 atom stereocenters. The second kappa shape index (κ2) is 4.07. The average molecular weight is 197 g/mol. The van der Waals surface area contributed by atoms with Crippen LogP contribution in [0.15, 0.2) is 6.20 Å². The van der Waals surface area contributed by atoms with Crippen molar-refractivity contribution >= 4 is 17.2 Å². The van der Waals surface area contributed by atoms with Gasteiger partial charge in [-0.25, -0.2) is 0 Å². The smallest absolute Gasteiger partial charge is 0.0672 e. The third kappa shape index (κ3) is 2.19. The molecule has 0 amide bonds. The Labute approximate surface area is 82.7 Å². The first kappa shape index (κ1) is 8.97. The lowest BCUT2D eigenvalue weighted by Crippen LogP contribution is -2.28. The molecule has 1 aromatic heterocycles. The summed E-state index contributed by atoms with van der Waals surface area (Å²) in [6, 6.07) is 0. The zero-order chi connectivity index (χ0) is 9.10. The van der Waals surface area contributed by atoms with Crippen LogP contribution >= 0.6 is 11.5 Å². The van der Waals surface area contributed by atoms with Gasteiger partial charge in [0.2, 0.25) is 0 Å². The number of nitrogens with zero attached hydrogens (tertiary/aromatic N) is 2. The van der Waals surface area contributed by atoms with E-state index in [1.165, 1.54) is 48.8 Å². The molecule has 0 bridgehead atoms. The minimum Gasteiger partial charge on any atom is -0.396 e. The Morgan fingerprint density at radius 2 is 2.15 bits per heavy atom. The predicted octanol–water partition coefficient (Wildman–Crippen LogP) is 1.71. The first-order valence-corrected chi connectivity index (χ1v) is 5.55. The van der Waals surface area contributed by atoms with E-state index < -0.39 is 0 Å². The quantitative estimate of drug-likeness (QED) is 0.785. The highest BCUT2D eigenvalue weighted by molar-refractivity contribution is 7.06. The molecule has 4 heteroatoms. The Hall–Kier alpha value is -0.610. The highest BCUT2D eigenvalue weighted by atomic mass is 32.1. The van der Waals surface area contributed by atoms with Gasteiger partial charge in [0.1, 0.15) is 0 Å². The molecule has 1 saturated heterocycles. The standard InChI is InChI=1S/C9H15N3S/c10-8-6-11-13-9(8)7-12-4-2-1-3-5-12/h6H,1-5,7,10H2. The molecule has 2 heterocycles. The summed E-state index contributed by atoms with van der Waals surface area (Å²) in [6.07, 6.45) is 5.80. The van der Waals surface area contributed by atoms with E-state index in [-0.39, 0.29) is 0 Å². The topological polar surface area (TPSA) is 42.1 Å². The molecule has 1 aromatic rings. The van der Waals surface area contributed by atoms with Crippen molar-refractivity contribution in [3.8, 4) is 0 Å². The highest BCUT2D eigenvalue weighted by Crippen LogP contribution is 2.20. The molecule has 0 spiro atoms. The number of hydrogen-bond donors (Lipinski definition) is 1. The number of rotatable bonds is 2. The van der Waals surface area contributed by atoms with Gasteiger partial charge in [-0.1, -0.05) is 6.42 Å². The molecule has 2 N–H and O–H groups in total. The Kier molecular flexibility index (Phi) is 2.80. The number of nitrogens with two attached hydrogens (primary N) is 1. The van der Waals surface area contributed by atoms with Gasteiger partial charge in [-0.15, -0.1) is 0 Å². The Balaban J connectivity index is 1.93. The lowest BCUT2D eigenvalue weighted by molar-refractivity contribution is 0.223. The molecule has 1 aliphatic rings. The molecule has 1 aliphatic heterocycles. The maximum atomic E-state index is 5.78. The number of nitrogen functional groups attached to an aromatic ring is 1. The zero-order valence-corrected chi connectivity index (χ0v) is 8.52. The lowest BCUT2D eigenvalue weighted by Gasteiger charge is -2.25. The molecule has 0 aliphatic carbocycles. The molecule has 0 aromatic carbocycles. The van der Waals surface area contributed by atoms with E-state index in [4.69, 9.17) is 5.73 Å². The minimum atomic E-state index is 0.857. The van der Waals surface area contributed by atoms with Gasteiger partial charge >= 0.3 is 0 Å². The van der Waals surface area contributed by atoms with Gasteiger partial charge in [-0.05, 0) is 37.5 Å². The summed E-state index contributed by atoms with van der Waals surface area (Å²) >= 11 is 1.53. The van der Waals surface area contributed by atoms with Crippen LogP contribution < -0.4 is 5.73 Å². The van der Waals surface area contributed by atoms with E-state index in [1.54, 1.807) is 6.20 Å². The fourth-order valence-electron chi connectivity index (χ4n) is 1.71. The number of anilines is 1. The molecular weight excluding hydrogens is 182 g/mol. The van der Waals surface area contributed by atoms with Crippen LogP contribution in [0.4, 0.5) is 5.69 Å². The summed E-state index contributed by atoms with van der Waals surface area (Å²) in [5.41, 5.74) is 6.64. The first-order valence-electron chi connectivity index (χ1n) is 4.77. The third-order valence-corrected chi connectivity index (χ3v) is 3.29. The fraction of sp³-hybridized carbons (Fsp3) is 0.667. The molecule has 72 valence electrons. The van der Waals surface area contributed by atoms with Crippen molar-refractivity contribution in [2.75, 3.05) is 18.8 Å². The number of hydrogen-bond acceptors (Lipinski definition) is 4. The summed E-state index contributed by atoms with van der Waals surface area (Å²) in [5, 5.41) is 0. The molecule has 1 fully saturated rings. The Morgan fingerprint density at radius 1 is 1.38 bits per heavy atom. The summed E-state index contributed by atoms with van der Waals surface area (Å²) in [6.45, 7) is 3.44. The Morgan fingerprint density at radius 3 is 2.77 bits per heavy atom. The van der Waals surface area contributed by atoms with Crippen molar-refractivity contribution in [1.82, 2.24) is 9.27 Å². The third-order valence-electron chi connectivity index (χ3n) is 2.49. The molecule has 0 unspecified atom stereocenters. The molecular formula is C9H15N3S. The normalized spacial score (nSPS) is 19.1. The van der Waals surface area contributed by atoms with E-state index in [9.17, 15) is 0 Å². The van der Waals surface area contributed by atoms with Crippen LogP contribution in [0.25, 0.3) is 0 Å². The van der Waals surface area contributed by atoms with Crippen molar-refractivity contribution in [1.29, 1.82) is 0 Å². The summed E-state index contributed by atoms with van der Waals surface area (Å²) in [7, 11) is 0. The van der Waals surface area contributed by atoms with Gasteiger partial charge in [0.25, 0.3) is 0 Å². The van der Waals surface area contributed by atoms with Crippen LogP contribution in [0.3, 0.4) is 0 Å². The lowest BCUT2D eigenvalue weighted by atomic mass is 10.1. The first-order chi connectivity index (χ1) is 6.36. The van der Waals surface area contributed by atoms with Gasteiger partial charge in [0, 0.05) is 6.54 Å². The monoisotopic (exact) mass is 197 g/mol. The Bertz CT molecular complexity index is 266. The predicted molar refractivity (Wildman–Crippen MR) is 55.7 cm³/mol. The molecule has 0 saturated carbocycles. The van der Waals surface area contributed by atoms with Crippen LogP contribution in [0.2, 0.25) is 0 Å². The van der Waals surface area contributed by atoms with Gasteiger partial charge in [0.15, 0.2) is 0 Å². The molecule has 3 nitrogen and oxygen atoms in total. The van der Waals surface area contributed by atoms with E-state index in [0.717, 1.165) is 12.2 Å². The van der Waals surface area contributed by atoms with Crippen molar-refractivity contribution < 1.29 is 0 Å². The van der Waals surface area contributed by atoms with Crippen molar-refractivity contribution in [3.63, 3.8) is 0 Å². The van der Waals surface area contributed by atoms with Gasteiger partial charge < -0.3 is 5.73 Å². The van der Waals surface area contributed by atoms with Crippen LogP contribution in [-0.2, 0) is 6.54 Å². The summed E-state index contributed by atoms with van der Waals surface area (Å²) in [5.74, 6) is 0. The minimum absolute atomic E-state index is 0.857. The van der Waals surface area contributed by atoms with Crippen LogP contribution in [-0.4, -0.2) is 22.4 Å². The highest BCUT2D eigenvalue weighted by Gasteiger charge is 2.12. The van der Waals surface area contributed by atoms with Crippen molar-refractivity contribution in [2.45, 2.75) is 25.8 Å².